The summed E-state index contributed by atoms with van der Waals surface area (Å²) in [6.45, 7) is 11.9. The van der Waals surface area contributed by atoms with Crippen LogP contribution in [-0.2, 0) is 99.1 Å². The van der Waals surface area contributed by atoms with E-state index >= 15 is 4.79 Å². The van der Waals surface area contributed by atoms with E-state index in [0.29, 0.717) is 36.2 Å². The average Bonchev–Trinajstić information content (AvgIpc) is 1.18. The number of aromatic nitrogens is 5. The van der Waals surface area contributed by atoms with Crippen molar-refractivity contribution < 1.29 is 131 Å². The number of anilines is 2. The van der Waals surface area contributed by atoms with Crippen molar-refractivity contribution >= 4 is 168 Å². The van der Waals surface area contributed by atoms with Gasteiger partial charge in [-0.05, 0) is 119 Å². The fourth-order valence-corrected chi connectivity index (χ4v) is 18.0. The minimum Gasteiger partial charge on any atom is -0.508 e. The van der Waals surface area contributed by atoms with Crippen LogP contribution in [0.2, 0.25) is 0 Å². The first-order valence-electron chi connectivity index (χ1n) is 44.7. The summed E-state index contributed by atoms with van der Waals surface area (Å²) in [5.74, 6) is -26.6. The molecule has 2 aromatic carbocycles. The van der Waals surface area contributed by atoms with E-state index < -0.39 is 236 Å². The Hall–Kier alpha value is -13.3. The maximum atomic E-state index is 15.1. The summed E-state index contributed by atoms with van der Waals surface area (Å²) in [5.41, 5.74) is 16.0. The molecule has 13 atom stereocenters. The molecule has 1 aliphatic heterocycles. The van der Waals surface area contributed by atoms with Crippen molar-refractivity contribution in [3.05, 3.63) is 98.0 Å². The second kappa shape index (κ2) is 57.0. The lowest BCUT2D eigenvalue weighted by atomic mass is 9.82. The number of Topliss-reactive ketones (excluding diaryl/α,β-unsaturated/α-hetero) is 4. The molecule has 5 aromatic rings. The van der Waals surface area contributed by atoms with Gasteiger partial charge in [-0.2, -0.15) is 4.98 Å². The number of guanidine groups is 1. The van der Waals surface area contributed by atoms with Crippen LogP contribution < -0.4 is 59.8 Å². The molecule has 1 saturated heterocycles. The molecule has 0 bridgehead atoms. The van der Waals surface area contributed by atoms with Crippen molar-refractivity contribution in [1.29, 1.82) is 5.41 Å². The number of aliphatic carboxylic acids is 5. The number of thiazole rings is 1. The minimum absolute atomic E-state index is 0.0143. The summed E-state index contributed by atoms with van der Waals surface area (Å²) < 4.78 is 16.8. The number of phenols is 1. The van der Waals surface area contributed by atoms with Crippen LogP contribution in [0.15, 0.2) is 64.9 Å². The zero-order valence-electron chi connectivity index (χ0n) is 77.7. The van der Waals surface area contributed by atoms with E-state index in [1.54, 1.807) is 19.1 Å². The average molecular weight is 1990 g/mol. The summed E-state index contributed by atoms with van der Waals surface area (Å²) in [4.78, 5) is 275. The molecule has 4 heterocycles. The van der Waals surface area contributed by atoms with E-state index in [4.69, 9.17) is 31.1 Å². The minimum atomic E-state index is -2.03. The number of hydrazine groups is 1. The molecular formula is C89H122N18O28S3. The van der Waals surface area contributed by atoms with Gasteiger partial charge in [0, 0.05) is 110 Å². The highest BCUT2D eigenvalue weighted by molar-refractivity contribution is 8.76. The molecule has 0 spiro atoms. The molecule has 1 unspecified atom stereocenters. The van der Waals surface area contributed by atoms with Crippen LogP contribution in [0.5, 0.6) is 5.75 Å². The molecule has 138 heavy (non-hydrogen) atoms. The number of piperidine rings is 1. The Labute approximate surface area is 805 Å². The number of fused-ring (bicyclic) bond motifs is 1. The van der Waals surface area contributed by atoms with Crippen molar-refractivity contribution in [1.82, 2.24) is 72.2 Å². The Bertz CT molecular complexity index is 5180. The summed E-state index contributed by atoms with van der Waals surface area (Å²) in [6, 6.07) is 4.31. The number of aromatic hydroxyl groups is 1. The number of nitrogens with one attached hydrogen (secondary N) is 10. The number of aromatic amines is 1. The topological polar surface area (TPSA) is 719 Å². The number of likely N-dealkylation sites (N-methyl/N-ethyl adjacent to an activating group) is 1. The van der Waals surface area contributed by atoms with Crippen molar-refractivity contribution in [2.45, 2.75) is 226 Å². The number of rotatable bonds is 61. The van der Waals surface area contributed by atoms with Crippen LogP contribution in [0.4, 0.5) is 16.4 Å². The predicted molar refractivity (Wildman–Crippen MR) is 501 cm³/mol. The highest BCUT2D eigenvalue weighted by Crippen LogP contribution is 2.35. The normalized spacial score (nSPS) is 15.1. The summed E-state index contributed by atoms with van der Waals surface area (Å²) in [6.07, 6.45) is -5.28. The SMILES string of the molecule is CCCC(=O)OCN(C(=O)[C@@H](CC(=O)[C@H]1CCCCN1C)C(C)CC)[C@H](C[C@@H](OC(C)=O)c1nc(C(=O)N[C@@H](Cc2ccc(O)cc2)C[C@H](C)C(=O)NNC(=O)OCCSSC[C@@H](CC(=O)[C@@H](CC(=O)O)NC(=O)[C@@H](CC(=O)O)CC(=O)[C@@H](CCCNC(=N)N)NC(=O)[C@@H](CC(=O)O)CC(=O)CC[C@@H](NC(=O)c2ccc(NCc3cnc4nc(N)[nH]c(=O)c4n3)cc2)C(=O)O)C(=O)O)cs1)C(C)C. The third kappa shape index (κ3) is 38.7. The number of nitrogen functional groups attached to an aromatic ring is 1. The number of nitrogens with two attached hydrogens (primary N) is 2. The van der Waals surface area contributed by atoms with E-state index in [0.717, 1.165) is 52.3 Å². The molecule has 1 fully saturated rings. The standard InChI is InChI=1S/C89H122N18O28S3/c1-9-14-74(120)134-45-107(84(127)60(47(5)10-2)38-69(113)65-16-11-12-28-106(65)8)66(46(3)4)40-70(135-49(7)108)83-101-64(44-136-83)81(125)97-56(32-50-17-23-58(109)24-18-50)31-48(6)77(121)104-105-89(132)133-29-30-137-138-43-54(85(128)129)35-68(112)63(39-73(118)119)100-80(124)53(37-72(116)117)34-67(111)61(15-13-27-93-87(90)91)98-79(123)52(36-71(114)115)33-59(110)25-26-62(86(130)131)99-78(122)51-19-21-55(22-20-51)94-41-57-42-95-76-75(96-57)82(126)103-88(92)102-76/h17-24,42,44,46-48,52-54,56,60-63,65-66,70,94,109H,9-16,25-41,43,45H2,1-8H3,(H,97,125)(H,98,123)(H,99,122)(H,100,124)(H,104,121)(H,105,132)(H,114,115)(H,116,117)(H,118,119)(H,128,129)(H,130,131)(H4,90,91,93)(H3,92,95,102,103,126)/t47?,48-,52+,53+,54+,56+,60-,61+,62+,63+,65+,66+,70+/m0/s1. The maximum absolute atomic E-state index is 15.1. The van der Waals surface area contributed by atoms with Gasteiger partial charge in [0.2, 0.25) is 29.6 Å². The Morgan fingerprint density at radius 1 is 0.703 bits per heavy atom. The van der Waals surface area contributed by atoms with Gasteiger partial charge in [0.15, 0.2) is 47.3 Å². The summed E-state index contributed by atoms with van der Waals surface area (Å²) in [5, 5.41) is 84.3. The Balaban J connectivity index is 1.02. The lowest BCUT2D eigenvalue weighted by Gasteiger charge is -2.39. The third-order valence-electron chi connectivity index (χ3n) is 22.7. The summed E-state index contributed by atoms with van der Waals surface area (Å²) >= 11 is 1.00. The van der Waals surface area contributed by atoms with E-state index in [2.05, 4.69) is 67.7 Å². The van der Waals surface area contributed by atoms with Crippen LogP contribution >= 0.6 is 32.9 Å². The highest BCUT2D eigenvalue weighted by Gasteiger charge is 2.42. The second-order valence-electron chi connectivity index (χ2n) is 33.8. The molecule has 0 aliphatic carbocycles. The monoisotopic (exact) mass is 1990 g/mol. The van der Waals surface area contributed by atoms with Crippen molar-refractivity contribution in [2.24, 2.45) is 47.2 Å². The van der Waals surface area contributed by atoms with Crippen molar-refractivity contribution in [3.63, 3.8) is 0 Å². The fraction of sp³-hybridized carbons (Fsp3) is 0.551. The molecule has 46 nitrogen and oxygen atoms in total. The van der Waals surface area contributed by atoms with Gasteiger partial charge in [-0.25, -0.2) is 30.0 Å². The van der Waals surface area contributed by atoms with Gasteiger partial charge in [0.1, 0.15) is 34.9 Å². The number of hydrogen-bond donors (Lipinski definition) is 18. The maximum Gasteiger partial charge on any atom is 0.426 e. The first-order chi connectivity index (χ1) is 65.3. The number of H-pyrrole nitrogens is 1. The van der Waals surface area contributed by atoms with Crippen LogP contribution in [-0.4, -0.2) is 259 Å². The van der Waals surface area contributed by atoms with Crippen LogP contribution in [0.1, 0.15) is 214 Å². The van der Waals surface area contributed by atoms with Crippen LogP contribution in [0.3, 0.4) is 0 Å². The number of esters is 2. The lowest BCUT2D eigenvalue weighted by Crippen LogP contribution is -2.50. The molecule has 3 aromatic heterocycles. The van der Waals surface area contributed by atoms with Crippen molar-refractivity contribution in [2.75, 3.05) is 56.0 Å². The van der Waals surface area contributed by atoms with Crippen molar-refractivity contribution in [3.8, 4) is 5.75 Å². The number of carboxylic acids is 5. The van der Waals surface area contributed by atoms with Gasteiger partial charge in [-0.15, -0.1) is 11.3 Å². The molecule has 7 amide bonds. The van der Waals surface area contributed by atoms with Gasteiger partial charge in [0.25, 0.3) is 17.4 Å². The predicted octanol–water partition coefficient (Wildman–Crippen LogP) is 4.96. The van der Waals surface area contributed by atoms with E-state index in [1.165, 1.54) is 66.7 Å². The molecule has 754 valence electrons. The van der Waals surface area contributed by atoms with Crippen LogP contribution in [0, 0.1) is 46.8 Å². The Morgan fingerprint density at radius 3 is 1.97 bits per heavy atom. The number of carboxylic acid groups (broad SMARTS) is 5. The Morgan fingerprint density at radius 2 is 1.36 bits per heavy atom. The zero-order valence-corrected chi connectivity index (χ0v) is 80.1. The number of carbonyl (C=O) groups is 18. The molecule has 20 N–H and O–H groups in total. The number of nitrogens with zero attached hydrogens (tertiary/aromatic N) is 6. The quantitative estimate of drug-likeness (QED) is 0.00357. The molecule has 49 heteroatoms. The number of ether oxygens (including phenoxy) is 3. The van der Waals surface area contributed by atoms with E-state index in [-0.39, 0.29) is 139 Å². The van der Waals surface area contributed by atoms with Crippen LogP contribution in [0.25, 0.3) is 11.2 Å². The van der Waals surface area contributed by atoms with Gasteiger partial charge >= 0.3 is 47.9 Å². The van der Waals surface area contributed by atoms with Gasteiger partial charge < -0.3 is 93.1 Å². The lowest BCUT2D eigenvalue weighted by molar-refractivity contribution is -0.162. The molecule has 0 radical (unpaired) electrons. The molecule has 6 rings (SSSR count). The largest absolute Gasteiger partial charge is 0.508 e. The number of benzene rings is 2. The Kier molecular flexibility index (Phi) is 46.9. The first kappa shape index (κ1) is 113. The highest BCUT2D eigenvalue weighted by atomic mass is 33.1. The number of hydrogen-bond acceptors (Lipinski definition) is 34. The number of amides is 7. The summed E-state index contributed by atoms with van der Waals surface area (Å²) in [7, 11) is 3.73. The molecular weight excluding hydrogens is 1870 g/mol. The van der Waals surface area contributed by atoms with E-state index in [9.17, 15) is 117 Å². The number of phenolic OH excluding ortho intramolecular Hbond substituents is 1. The number of ketones is 4. The second-order valence-corrected chi connectivity index (χ2v) is 37.4. The van der Waals surface area contributed by atoms with E-state index in [1.807, 2.05) is 39.6 Å². The molecule has 1 aliphatic rings. The molecule has 0 saturated carbocycles. The number of likely N-dealkylation sites (tertiary alicyclic amines) is 1. The smallest absolute Gasteiger partial charge is 0.426 e. The zero-order chi connectivity index (χ0) is 102. The number of carbonyl (C=O) groups excluding carboxylic acids is 13. The van der Waals surface area contributed by atoms with Gasteiger partial charge in [0.05, 0.1) is 73.6 Å². The first-order valence-corrected chi connectivity index (χ1v) is 48.1. The third-order valence-corrected chi connectivity index (χ3v) is 26.0. The van der Waals surface area contributed by atoms with Gasteiger partial charge in [-0.1, -0.05) is 88.1 Å². The fourth-order valence-electron chi connectivity index (χ4n) is 15.0. The van der Waals surface area contributed by atoms with Gasteiger partial charge in [-0.3, -0.25) is 102 Å².